The van der Waals surface area contributed by atoms with E-state index >= 15 is 0 Å². The first-order valence-electron chi connectivity index (χ1n) is 9.07. The summed E-state index contributed by atoms with van der Waals surface area (Å²) in [5.41, 5.74) is 1.80. The fourth-order valence-electron chi connectivity index (χ4n) is 2.60. The summed E-state index contributed by atoms with van der Waals surface area (Å²) in [5, 5.41) is 2.85. The molecule has 0 bridgehead atoms. The lowest BCUT2D eigenvalue weighted by Gasteiger charge is -2.14. The van der Waals surface area contributed by atoms with E-state index < -0.39 is 0 Å². The predicted molar refractivity (Wildman–Crippen MR) is 115 cm³/mol. The van der Waals surface area contributed by atoms with Crippen LogP contribution in [0.1, 0.15) is 25.3 Å². The number of nitrogens with one attached hydrogen (secondary N) is 1. The summed E-state index contributed by atoms with van der Waals surface area (Å²) < 4.78 is 12.4. The molecule has 3 aromatic rings. The quantitative estimate of drug-likeness (QED) is 0.464. The SMILES string of the molecule is CC(C)c1ccc(OCC(=O)Nc2ccccc2Oc2ccccc2)c(Br)c1. The standard InChI is InChI=1S/C23H22BrNO3/c1-16(2)17-12-13-21(19(24)14-17)27-15-23(26)25-20-10-6-7-11-22(20)28-18-8-4-3-5-9-18/h3-14,16H,15H2,1-2H3,(H,25,26). The van der Waals surface area contributed by atoms with Gasteiger partial charge in [0.15, 0.2) is 12.4 Å². The van der Waals surface area contributed by atoms with Gasteiger partial charge >= 0.3 is 0 Å². The molecule has 5 heteroatoms. The Bertz CT molecular complexity index is 942. The Hall–Kier alpha value is -2.79. The van der Waals surface area contributed by atoms with Crippen LogP contribution in [0.4, 0.5) is 5.69 Å². The van der Waals surface area contributed by atoms with Gasteiger partial charge in [-0.25, -0.2) is 0 Å². The first-order chi connectivity index (χ1) is 13.5. The molecular formula is C23H22BrNO3. The van der Waals surface area contributed by atoms with Crippen molar-refractivity contribution in [1.29, 1.82) is 0 Å². The third-order valence-corrected chi connectivity index (χ3v) is 4.73. The van der Waals surface area contributed by atoms with Gasteiger partial charge in [-0.2, -0.15) is 0 Å². The maximum absolute atomic E-state index is 12.4. The van der Waals surface area contributed by atoms with Crippen LogP contribution in [0.3, 0.4) is 0 Å². The van der Waals surface area contributed by atoms with Crippen molar-refractivity contribution in [1.82, 2.24) is 0 Å². The van der Waals surface area contributed by atoms with Crippen molar-refractivity contribution in [3.8, 4) is 17.2 Å². The molecule has 0 atom stereocenters. The monoisotopic (exact) mass is 439 g/mol. The lowest BCUT2D eigenvalue weighted by Crippen LogP contribution is -2.20. The summed E-state index contributed by atoms with van der Waals surface area (Å²) in [5.74, 6) is 2.08. The third kappa shape index (κ3) is 5.36. The molecule has 0 fully saturated rings. The number of carbonyl (C=O) groups excluding carboxylic acids is 1. The van der Waals surface area contributed by atoms with Crippen LogP contribution in [0.5, 0.6) is 17.2 Å². The minimum atomic E-state index is -0.260. The van der Waals surface area contributed by atoms with Crippen molar-refractivity contribution in [2.75, 3.05) is 11.9 Å². The molecular weight excluding hydrogens is 418 g/mol. The highest BCUT2D eigenvalue weighted by Gasteiger charge is 2.11. The largest absolute Gasteiger partial charge is 0.483 e. The molecule has 0 aliphatic rings. The predicted octanol–water partition coefficient (Wildman–Crippen LogP) is 6.38. The van der Waals surface area contributed by atoms with Gasteiger partial charge in [0, 0.05) is 0 Å². The summed E-state index contributed by atoms with van der Waals surface area (Å²) in [6.07, 6.45) is 0. The van der Waals surface area contributed by atoms with Crippen molar-refractivity contribution in [2.24, 2.45) is 0 Å². The molecule has 28 heavy (non-hydrogen) atoms. The molecule has 1 N–H and O–H groups in total. The van der Waals surface area contributed by atoms with Crippen LogP contribution in [0.2, 0.25) is 0 Å². The van der Waals surface area contributed by atoms with Gasteiger partial charge in [-0.15, -0.1) is 0 Å². The van der Waals surface area contributed by atoms with Crippen molar-refractivity contribution in [3.05, 3.63) is 82.8 Å². The van der Waals surface area contributed by atoms with Crippen molar-refractivity contribution in [2.45, 2.75) is 19.8 Å². The van der Waals surface area contributed by atoms with E-state index in [0.717, 1.165) is 4.47 Å². The number of ether oxygens (including phenoxy) is 2. The third-order valence-electron chi connectivity index (χ3n) is 4.11. The fraction of sp³-hybridized carbons (Fsp3) is 0.174. The van der Waals surface area contributed by atoms with Crippen molar-refractivity contribution < 1.29 is 14.3 Å². The van der Waals surface area contributed by atoms with E-state index in [2.05, 4.69) is 35.1 Å². The Morgan fingerprint density at radius 3 is 2.39 bits per heavy atom. The molecule has 0 saturated carbocycles. The highest BCUT2D eigenvalue weighted by atomic mass is 79.9. The van der Waals surface area contributed by atoms with Crippen LogP contribution in [0, 0.1) is 0 Å². The normalized spacial score (nSPS) is 10.6. The highest BCUT2D eigenvalue weighted by Crippen LogP contribution is 2.30. The Balaban J connectivity index is 1.63. The summed E-state index contributed by atoms with van der Waals surface area (Å²) in [4.78, 5) is 12.4. The van der Waals surface area contributed by atoms with Crippen LogP contribution < -0.4 is 14.8 Å². The number of hydrogen-bond acceptors (Lipinski definition) is 3. The number of rotatable bonds is 7. The van der Waals surface area contributed by atoms with Crippen molar-refractivity contribution in [3.63, 3.8) is 0 Å². The molecule has 0 aliphatic carbocycles. The number of amides is 1. The van der Waals surface area contributed by atoms with E-state index in [9.17, 15) is 4.79 Å². The maximum atomic E-state index is 12.4. The summed E-state index contributed by atoms with van der Waals surface area (Å²) in [6, 6.07) is 22.6. The molecule has 0 aliphatic heterocycles. The Labute approximate surface area is 173 Å². The molecule has 0 heterocycles. The van der Waals surface area contributed by atoms with E-state index in [1.807, 2.05) is 66.7 Å². The lowest BCUT2D eigenvalue weighted by molar-refractivity contribution is -0.118. The van der Waals surface area contributed by atoms with E-state index in [-0.39, 0.29) is 12.5 Å². The molecule has 0 aromatic heterocycles. The van der Waals surface area contributed by atoms with Gasteiger partial charge in [0.25, 0.3) is 5.91 Å². The van der Waals surface area contributed by atoms with Gasteiger partial charge in [-0.05, 0) is 63.8 Å². The zero-order valence-corrected chi connectivity index (χ0v) is 17.4. The van der Waals surface area contributed by atoms with Gasteiger partial charge in [-0.1, -0.05) is 50.2 Å². The van der Waals surface area contributed by atoms with Crippen molar-refractivity contribution >= 4 is 27.5 Å². The van der Waals surface area contributed by atoms with Gasteiger partial charge in [-0.3, -0.25) is 4.79 Å². The Morgan fingerprint density at radius 2 is 1.68 bits per heavy atom. The van der Waals surface area contributed by atoms with Gasteiger partial charge < -0.3 is 14.8 Å². The summed E-state index contributed by atoms with van der Waals surface area (Å²) in [7, 11) is 0. The minimum absolute atomic E-state index is 0.0979. The molecule has 0 saturated heterocycles. The first-order valence-corrected chi connectivity index (χ1v) is 9.86. The minimum Gasteiger partial charge on any atom is -0.483 e. The Morgan fingerprint density at radius 1 is 0.964 bits per heavy atom. The zero-order chi connectivity index (χ0) is 19.9. The van der Waals surface area contributed by atoms with E-state index in [4.69, 9.17) is 9.47 Å². The van der Waals surface area contributed by atoms with Crippen LogP contribution in [-0.2, 0) is 4.79 Å². The fourth-order valence-corrected chi connectivity index (χ4v) is 3.11. The Kier molecular flexibility index (Phi) is 6.71. The van der Waals surface area contributed by atoms with E-state index in [1.165, 1.54) is 5.56 Å². The maximum Gasteiger partial charge on any atom is 0.262 e. The molecule has 3 rings (SSSR count). The average molecular weight is 440 g/mol. The summed E-state index contributed by atoms with van der Waals surface area (Å²) >= 11 is 3.50. The second kappa shape index (κ2) is 9.42. The van der Waals surface area contributed by atoms with Crippen LogP contribution in [0.25, 0.3) is 0 Å². The average Bonchev–Trinajstić information content (AvgIpc) is 2.69. The molecule has 4 nitrogen and oxygen atoms in total. The molecule has 0 radical (unpaired) electrons. The van der Waals surface area contributed by atoms with Crippen LogP contribution >= 0.6 is 15.9 Å². The van der Waals surface area contributed by atoms with E-state index in [0.29, 0.717) is 28.9 Å². The molecule has 144 valence electrons. The smallest absolute Gasteiger partial charge is 0.262 e. The number of halogens is 1. The van der Waals surface area contributed by atoms with Gasteiger partial charge in [0.2, 0.25) is 0 Å². The molecule has 0 unspecified atom stereocenters. The molecule has 0 spiro atoms. The number of carbonyl (C=O) groups is 1. The van der Waals surface area contributed by atoms with Crippen LogP contribution in [-0.4, -0.2) is 12.5 Å². The number of para-hydroxylation sites is 3. The molecule has 1 amide bonds. The number of benzene rings is 3. The topological polar surface area (TPSA) is 47.6 Å². The molecule has 3 aromatic carbocycles. The van der Waals surface area contributed by atoms with E-state index in [1.54, 1.807) is 6.07 Å². The lowest BCUT2D eigenvalue weighted by atomic mass is 10.0. The number of hydrogen-bond donors (Lipinski definition) is 1. The summed E-state index contributed by atoms with van der Waals surface area (Å²) in [6.45, 7) is 4.16. The highest BCUT2D eigenvalue weighted by molar-refractivity contribution is 9.10. The van der Waals surface area contributed by atoms with Gasteiger partial charge in [0.05, 0.1) is 10.2 Å². The van der Waals surface area contributed by atoms with Crippen LogP contribution in [0.15, 0.2) is 77.3 Å². The first kappa shape index (κ1) is 20.0. The second-order valence-corrected chi connectivity index (χ2v) is 7.45. The second-order valence-electron chi connectivity index (χ2n) is 6.59. The zero-order valence-electron chi connectivity index (χ0n) is 15.8. The number of anilines is 1. The van der Waals surface area contributed by atoms with Gasteiger partial charge in [0.1, 0.15) is 11.5 Å².